The molecule has 5 heteroatoms. The van der Waals surface area contributed by atoms with Gasteiger partial charge >= 0.3 is 11.9 Å². The highest BCUT2D eigenvalue weighted by molar-refractivity contribution is 6.05. The zero-order chi connectivity index (χ0) is 14.8. The summed E-state index contributed by atoms with van der Waals surface area (Å²) in [6, 6.07) is 7.73. The number of hydroxylamine groups is 2. The first-order valence-electron chi connectivity index (χ1n) is 6.79. The van der Waals surface area contributed by atoms with Crippen LogP contribution in [0.1, 0.15) is 37.8 Å². The van der Waals surface area contributed by atoms with Crippen LogP contribution in [-0.4, -0.2) is 17.1 Å². The van der Waals surface area contributed by atoms with Gasteiger partial charge in [-0.2, -0.15) is 0 Å². The van der Waals surface area contributed by atoms with E-state index in [0.717, 1.165) is 16.4 Å². The molecule has 1 saturated heterocycles. The summed E-state index contributed by atoms with van der Waals surface area (Å²) in [5.74, 6) is -0.948. The number of amides is 1. The third-order valence-corrected chi connectivity index (χ3v) is 3.81. The van der Waals surface area contributed by atoms with Crippen molar-refractivity contribution in [2.45, 2.75) is 40.2 Å². The number of benzene rings is 1. The van der Waals surface area contributed by atoms with E-state index in [1.54, 1.807) is 13.8 Å². The molecule has 0 N–H and O–H groups in total. The molecule has 1 aromatic carbocycles. The largest absolute Gasteiger partial charge is 0.351 e. The highest BCUT2D eigenvalue weighted by Crippen LogP contribution is 2.36. The molecule has 108 valence electrons. The van der Waals surface area contributed by atoms with E-state index in [1.165, 1.54) is 0 Å². The van der Waals surface area contributed by atoms with Crippen molar-refractivity contribution in [3.63, 3.8) is 0 Å². The van der Waals surface area contributed by atoms with E-state index in [1.807, 2.05) is 31.2 Å². The molecule has 1 aliphatic heterocycles. The van der Waals surface area contributed by atoms with Crippen molar-refractivity contribution < 1.29 is 19.3 Å². The highest BCUT2D eigenvalue weighted by atomic mass is 17.0. The Morgan fingerprint density at radius 2 is 1.75 bits per heavy atom. The van der Waals surface area contributed by atoms with Gasteiger partial charge in [0.15, 0.2) is 5.41 Å². The van der Waals surface area contributed by atoms with Crippen LogP contribution in [0.2, 0.25) is 0 Å². The van der Waals surface area contributed by atoms with E-state index in [9.17, 15) is 9.59 Å². The number of carbonyl (C=O) groups excluding carboxylic acids is 2. The fourth-order valence-electron chi connectivity index (χ4n) is 2.21. The molecule has 2 rings (SSSR count). The minimum atomic E-state index is -1.09. The zero-order valence-electron chi connectivity index (χ0n) is 12.0. The summed E-state index contributed by atoms with van der Waals surface area (Å²) < 4.78 is 0. The third-order valence-electron chi connectivity index (χ3n) is 3.81. The van der Waals surface area contributed by atoms with Gasteiger partial charge in [-0.15, -0.1) is 0 Å². The molecule has 0 unspecified atom stereocenters. The minimum absolute atomic E-state index is 0.183. The van der Waals surface area contributed by atoms with Crippen LogP contribution >= 0.6 is 0 Å². The fraction of sp³-hybridized carbons (Fsp3) is 0.467. The van der Waals surface area contributed by atoms with Crippen LogP contribution in [0.15, 0.2) is 24.3 Å². The topological polar surface area (TPSA) is 55.8 Å². The summed E-state index contributed by atoms with van der Waals surface area (Å²) >= 11 is 0. The molecule has 0 bridgehead atoms. The monoisotopic (exact) mass is 277 g/mol. The molecule has 0 saturated carbocycles. The van der Waals surface area contributed by atoms with Crippen molar-refractivity contribution in [1.82, 2.24) is 5.23 Å². The number of rotatable bonds is 5. The minimum Gasteiger partial charge on any atom is -0.311 e. The lowest BCUT2D eigenvalue weighted by molar-refractivity contribution is -0.313. The van der Waals surface area contributed by atoms with Crippen molar-refractivity contribution in [1.29, 1.82) is 0 Å². The first kappa shape index (κ1) is 14.5. The lowest BCUT2D eigenvalue weighted by Gasteiger charge is -2.17. The molecule has 0 radical (unpaired) electrons. The van der Waals surface area contributed by atoms with E-state index in [0.29, 0.717) is 12.8 Å². The van der Waals surface area contributed by atoms with E-state index in [2.05, 4.69) is 0 Å². The molecule has 0 spiro atoms. The molecule has 5 nitrogen and oxygen atoms in total. The molecule has 1 amide bonds. The number of nitrogens with zero attached hydrogens (tertiary/aromatic N) is 1. The molecule has 1 heterocycles. The first-order chi connectivity index (χ1) is 9.53. The van der Waals surface area contributed by atoms with Crippen LogP contribution in [-0.2, 0) is 25.9 Å². The Kier molecular flexibility index (Phi) is 4.09. The second-order valence-electron chi connectivity index (χ2n) is 4.99. The van der Waals surface area contributed by atoms with Gasteiger partial charge in [0.1, 0.15) is 6.61 Å². The molecule has 20 heavy (non-hydrogen) atoms. The van der Waals surface area contributed by atoms with Crippen LogP contribution in [0.5, 0.6) is 0 Å². The van der Waals surface area contributed by atoms with Crippen LogP contribution in [0, 0.1) is 12.3 Å². The van der Waals surface area contributed by atoms with Crippen LogP contribution < -0.4 is 0 Å². The Balaban J connectivity index is 2.03. The maximum absolute atomic E-state index is 12.2. The van der Waals surface area contributed by atoms with Gasteiger partial charge in [-0.3, -0.25) is 4.79 Å². The van der Waals surface area contributed by atoms with E-state index >= 15 is 0 Å². The average Bonchev–Trinajstić information content (AvgIpc) is 2.70. The van der Waals surface area contributed by atoms with Gasteiger partial charge in [0, 0.05) is 0 Å². The van der Waals surface area contributed by atoms with Gasteiger partial charge in [0.2, 0.25) is 0 Å². The standard InChI is InChI=1S/C15H19NO4/c1-4-15(5-2)13(17)16(20-14(15)18)19-10-12-8-6-11(3)7-9-12/h6-9H,4-5,10H2,1-3H3. The number of aryl methyl sites for hydroxylation is 1. The first-order valence-corrected chi connectivity index (χ1v) is 6.79. The number of hydrogen-bond donors (Lipinski definition) is 0. The lowest BCUT2D eigenvalue weighted by atomic mass is 9.82. The van der Waals surface area contributed by atoms with Crippen molar-refractivity contribution >= 4 is 11.9 Å². The SMILES string of the molecule is CCC1(CC)C(=O)ON(OCc2ccc(C)cc2)C1=O. The third kappa shape index (κ3) is 2.41. The van der Waals surface area contributed by atoms with Gasteiger partial charge in [-0.05, 0) is 30.6 Å². The molecular weight excluding hydrogens is 258 g/mol. The van der Waals surface area contributed by atoms with Gasteiger partial charge in [-0.1, -0.05) is 43.7 Å². The smallest absolute Gasteiger partial charge is 0.311 e. The maximum Gasteiger partial charge on any atom is 0.351 e. The Morgan fingerprint density at radius 3 is 2.25 bits per heavy atom. The molecule has 1 aliphatic rings. The zero-order valence-corrected chi connectivity index (χ0v) is 12.0. The second-order valence-corrected chi connectivity index (χ2v) is 4.99. The van der Waals surface area contributed by atoms with Crippen molar-refractivity contribution in [2.75, 3.05) is 0 Å². The lowest BCUT2D eigenvalue weighted by Crippen LogP contribution is -2.35. The van der Waals surface area contributed by atoms with Crippen molar-refractivity contribution in [3.8, 4) is 0 Å². The predicted octanol–water partition coefficient (Wildman–Crippen LogP) is 2.53. The Labute approximate surface area is 118 Å². The number of carbonyl (C=O) groups is 2. The van der Waals surface area contributed by atoms with Crippen LogP contribution in [0.4, 0.5) is 0 Å². The summed E-state index contributed by atoms with van der Waals surface area (Å²) in [4.78, 5) is 34.4. The summed E-state index contributed by atoms with van der Waals surface area (Å²) in [5.41, 5.74) is 0.964. The molecule has 1 fully saturated rings. The fourth-order valence-corrected chi connectivity index (χ4v) is 2.21. The Bertz CT molecular complexity index is 505. The highest BCUT2D eigenvalue weighted by Gasteiger charge is 2.55. The Hall–Kier alpha value is -1.88. The number of hydrogen-bond acceptors (Lipinski definition) is 4. The van der Waals surface area contributed by atoms with E-state index < -0.39 is 17.3 Å². The summed E-state index contributed by atoms with van der Waals surface area (Å²) in [6.07, 6.45) is 0.817. The van der Waals surface area contributed by atoms with Gasteiger partial charge in [0.05, 0.1) is 0 Å². The Morgan fingerprint density at radius 1 is 1.15 bits per heavy atom. The quantitative estimate of drug-likeness (QED) is 0.776. The van der Waals surface area contributed by atoms with Crippen LogP contribution in [0.25, 0.3) is 0 Å². The van der Waals surface area contributed by atoms with Gasteiger partial charge in [0.25, 0.3) is 0 Å². The summed E-state index contributed by atoms with van der Waals surface area (Å²) in [5, 5.41) is 0.731. The second kappa shape index (κ2) is 5.63. The molecule has 0 aliphatic carbocycles. The summed E-state index contributed by atoms with van der Waals surface area (Å²) in [6.45, 7) is 5.77. The van der Waals surface area contributed by atoms with E-state index in [-0.39, 0.29) is 6.61 Å². The van der Waals surface area contributed by atoms with Crippen molar-refractivity contribution in [2.24, 2.45) is 5.41 Å². The molecule has 0 atom stereocenters. The maximum atomic E-state index is 12.2. The molecule has 1 aromatic rings. The molecular formula is C15H19NO4. The summed E-state index contributed by atoms with van der Waals surface area (Å²) in [7, 11) is 0. The van der Waals surface area contributed by atoms with Gasteiger partial charge in [-0.25, -0.2) is 9.63 Å². The normalized spacial score (nSPS) is 17.4. The van der Waals surface area contributed by atoms with Gasteiger partial charge < -0.3 is 4.84 Å². The van der Waals surface area contributed by atoms with E-state index in [4.69, 9.17) is 9.68 Å². The average molecular weight is 277 g/mol. The molecule has 0 aromatic heterocycles. The predicted molar refractivity (Wildman–Crippen MR) is 71.9 cm³/mol. The van der Waals surface area contributed by atoms with Crippen LogP contribution in [0.3, 0.4) is 0 Å². The van der Waals surface area contributed by atoms with Crippen molar-refractivity contribution in [3.05, 3.63) is 35.4 Å².